The first-order valence-electron chi connectivity index (χ1n) is 13.2. The monoisotopic (exact) mass is 538 g/mol. The van der Waals surface area contributed by atoms with Crippen molar-refractivity contribution >= 4 is 5.97 Å². The van der Waals surface area contributed by atoms with Crippen molar-refractivity contribution in [2.45, 2.75) is 58.3 Å². The van der Waals surface area contributed by atoms with Gasteiger partial charge in [0.15, 0.2) is 0 Å². The number of unbranched alkanes of at least 4 members (excludes halogenated alkanes) is 7. The number of esters is 1. The van der Waals surface area contributed by atoms with Gasteiger partial charge in [-0.05, 0) is 106 Å². The third kappa shape index (κ3) is 12.5. The number of ether oxygens (including phenoxy) is 2. The SMILES string of the molecule is CCCCCCCCCCOc1ccc(C(=O)Oc2ccc([C]3[CH][CH][CH][CH]3)cc2)cc1.[CH]1[CH][CH][CH][CH]1.[Fe+2]. The fourth-order valence-corrected chi connectivity index (χ4v) is 3.88. The van der Waals surface area contributed by atoms with Gasteiger partial charge >= 0.3 is 23.0 Å². The van der Waals surface area contributed by atoms with E-state index in [0.29, 0.717) is 17.9 Å². The van der Waals surface area contributed by atoms with Gasteiger partial charge in [-0.15, -0.1) is 0 Å². The van der Waals surface area contributed by atoms with Gasteiger partial charge in [-0.25, -0.2) is 4.79 Å². The van der Waals surface area contributed by atoms with Crippen LogP contribution in [0.25, 0.3) is 0 Å². The number of hydrogen-bond donors (Lipinski definition) is 0. The molecule has 0 aliphatic heterocycles. The fraction of sp³-hybridized carbons (Fsp3) is 0.303. The molecule has 2 aromatic rings. The number of carbonyl (C=O) groups is 1. The Hall–Kier alpha value is -1.77. The molecule has 4 heteroatoms. The van der Waals surface area contributed by atoms with E-state index in [2.05, 4.69) is 19.8 Å². The van der Waals surface area contributed by atoms with E-state index in [9.17, 15) is 4.79 Å². The summed E-state index contributed by atoms with van der Waals surface area (Å²) in [5.74, 6) is 2.12. The molecule has 0 heterocycles. The van der Waals surface area contributed by atoms with Crippen LogP contribution in [-0.2, 0) is 17.1 Å². The van der Waals surface area contributed by atoms with Crippen molar-refractivity contribution in [1.82, 2.24) is 0 Å². The molecule has 3 nitrogen and oxygen atoms in total. The summed E-state index contributed by atoms with van der Waals surface area (Å²) in [4.78, 5) is 12.4. The Labute approximate surface area is 236 Å². The van der Waals surface area contributed by atoms with Crippen molar-refractivity contribution in [2.75, 3.05) is 6.61 Å². The summed E-state index contributed by atoms with van der Waals surface area (Å²) in [5, 5.41) is 0. The molecule has 2 aliphatic rings. The van der Waals surface area contributed by atoms with E-state index in [1.807, 2.05) is 81.3 Å². The molecule has 0 saturated heterocycles. The summed E-state index contributed by atoms with van der Waals surface area (Å²) in [6.45, 7) is 2.96. The number of carbonyl (C=O) groups excluding carboxylic acids is 1. The van der Waals surface area contributed by atoms with Gasteiger partial charge in [-0.2, -0.15) is 0 Å². The first kappa shape index (κ1) is 31.4. The third-order valence-electron chi connectivity index (χ3n) is 5.97. The minimum atomic E-state index is -0.365. The van der Waals surface area contributed by atoms with E-state index < -0.39 is 0 Å². The van der Waals surface area contributed by atoms with E-state index in [-0.39, 0.29) is 23.0 Å². The van der Waals surface area contributed by atoms with Crippen LogP contribution in [-0.4, -0.2) is 12.6 Å². The molecule has 0 spiro atoms. The first-order chi connectivity index (χ1) is 17.8. The molecule has 10 radical (unpaired) electrons. The fourth-order valence-electron chi connectivity index (χ4n) is 3.88. The number of benzene rings is 2. The summed E-state index contributed by atoms with van der Waals surface area (Å²) >= 11 is 0. The predicted octanol–water partition coefficient (Wildman–Crippen LogP) is 8.20. The third-order valence-corrected chi connectivity index (χ3v) is 5.97. The molecule has 2 fully saturated rings. The van der Waals surface area contributed by atoms with E-state index in [4.69, 9.17) is 9.47 Å². The van der Waals surface area contributed by atoms with Crippen LogP contribution in [0.4, 0.5) is 0 Å². The summed E-state index contributed by atoms with van der Waals surface area (Å²) in [6.07, 6.45) is 28.4. The summed E-state index contributed by atoms with van der Waals surface area (Å²) < 4.78 is 11.3. The second-order valence-electron chi connectivity index (χ2n) is 8.90. The topological polar surface area (TPSA) is 35.5 Å². The molecule has 2 aliphatic carbocycles. The zero-order chi connectivity index (χ0) is 25.3. The van der Waals surface area contributed by atoms with E-state index in [0.717, 1.165) is 23.7 Å². The standard InChI is InChI=1S/C28H33O3.C5H5.Fe/c1-2-3-4-5-6-7-8-11-22-30-26-18-16-25(17-19-26)28(29)31-27-20-14-24(15-21-27)23-12-9-10-13-23;1-2-4-5-3-1;/h9-10,12-21H,2-8,11,22H2,1H3;1-5H;/q;;+2. The Kier molecular flexibility index (Phi) is 16.4. The summed E-state index contributed by atoms with van der Waals surface area (Å²) in [6, 6.07) is 14.7. The Morgan fingerprint density at radius 3 is 1.70 bits per heavy atom. The van der Waals surface area contributed by atoms with Gasteiger partial charge in [0, 0.05) is 5.92 Å². The molecule has 0 unspecified atom stereocenters. The quantitative estimate of drug-likeness (QED) is 0.112. The van der Waals surface area contributed by atoms with Crippen molar-refractivity contribution in [3.05, 3.63) is 123 Å². The van der Waals surface area contributed by atoms with Crippen molar-refractivity contribution < 1.29 is 31.3 Å². The Morgan fingerprint density at radius 1 is 0.622 bits per heavy atom. The van der Waals surface area contributed by atoms with Crippen LogP contribution >= 0.6 is 0 Å². The maximum absolute atomic E-state index is 12.4. The minimum absolute atomic E-state index is 0. The molecule has 0 amide bonds. The Balaban J connectivity index is 0.000000716. The normalized spacial score (nSPS) is 14.9. The second-order valence-corrected chi connectivity index (χ2v) is 8.90. The molecule has 0 aromatic heterocycles. The van der Waals surface area contributed by atoms with Crippen LogP contribution in [0.5, 0.6) is 11.5 Å². The second kappa shape index (κ2) is 19.3. The maximum atomic E-state index is 12.4. The Bertz CT molecular complexity index is 829. The Morgan fingerprint density at radius 2 is 1.14 bits per heavy atom. The van der Waals surface area contributed by atoms with Gasteiger partial charge in [0.25, 0.3) is 0 Å². The van der Waals surface area contributed by atoms with Crippen molar-refractivity contribution in [1.29, 1.82) is 0 Å². The molecule has 194 valence electrons. The van der Waals surface area contributed by atoms with Crippen LogP contribution in [0, 0.1) is 63.7 Å². The van der Waals surface area contributed by atoms with Crippen LogP contribution < -0.4 is 9.47 Å². The van der Waals surface area contributed by atoms with E-state index in [1.54, 1.807) is 12.1 Å². The smallest absolute Gasteiger partial charge is 0.494 e. The largest absolute Gasteiger partial charge is 2.00 e. The van der Waals surface area contributed by atoms with Gasteiger partial charge in [0.05, 0.1) is 12.2 Å². The minimum Gasteiger partial charge on any atom is -0.494 e. The van der Waals surface area contributed by atoms with E-state index in [1.165, 1.54) is 44.9 Å². The van der Waals surface area contributed by atoms with Crippen molar-refractivity contribution in [2.24, 2.45) is 0 Å². The predicted molar refractivity (Wildman–Crippen MR) is 147 cm³/mol. The van der Waals surface area contributed by atoms with Crippen LogP contribution in [0.3, 0.4) is 0 Å². The molecular weight excluding hydrogens is 500 g/mol. The molecule has 37 heavy (non-hydrogen) atoms. The van der Waals surface area contributed by atoms with Crippen LogP contribution in [0.15, 0.2) is 48.5 Å². The molecule has 0 N–H and O–H groups in total. The molecule has 0 atom stereocenters. The number of hydrogen-bond acceptors (Lipinski definition) is 3. The van der Waals surface area contributed by atoms with Gasteiger partial charge in [-0.1, -0.05) is 64.0 Å². The average Bonchev–Trinajstić information content (AvgIpc) is 3.66. The first-order valence-corrected chi connectivity index (χ1v) is 13.2. The zero-order valence-corrected chi connectivity index (χ0v) is 22.9. The van der Waals surface area contributed by atoms with Gasteiger partial charge in [-0.3, -0.25) is 0 Å². The molecule has 4 rings (SSSR count). The van der Waals surface area contributed by atoms with Crippen molar-refractivity contribution in [3.8, 4) is 11.5 Å². The van der Waals surface area contributed by atoms with E-state index >= 15 is 0 Å². The number of rotatable bonds is 13. The average molecular weight is 539 g/mol. The molecule has 2 aromatic carbocycles. The molecule has 2 saturated carbocycles. The van der Waals surface area contributed by atoms with Crippen molar-refractivity contribution in [3.63, 3.8) is 0 Å². The van der Waals surface area contributed by atoms with Gasteiger partial charge < -0.3 is 9.47 Å². The van der Waals surface area contributed by atoms with Gasteiger partial charge in [0.2, 0.25) is 0 Å². The zero-order valence-electron chi connectivity index (χ0n) is 21.8. The van der Waals surface area contributed by atoms with Crippen LogP contribution in [0.1, 0.15) is 74.2 Å². The van der Waals surface area contributed by atoms with Crippen LogP contribution in [0.2, 0.25) is 0 Å². The van der Waals surface area contributed by atoms with Gasteiger partial charge in [0.1, 0.15) is 11.5 Å². The summed E-state index contributed by atoms with van der Waals surface area (Å²) in [7, 11) is 0. The summed E-state index contributed by atoms with van der Waals surface area (Å²) in [5.41, 5.74) is 1.61. The maximum Gasteiger partial charge on any atom is 2.00 e. The molecular formula is C33H38FeO3+2. The molecule has 0 bridgehead atoms.